The number of hydrogen-bond donors (Lipinski definition) is 2. The van der Waals surface area contributed by atoms with Crippen LogP contribution in [0, 0.1) is 0 Å². The van der Waals surface area contributed by atoms with Crippen LogP contribution < -0.4 is 25.6 Å². The van der Waals surface area contributed by atoms with Crippen molar-refractivity contribution < 1.29 is 14.3 Å². The van der Waals surface area contributed by atoms with Crippen LogP contribution in [-0.2, 0) is 9.53 Å². The first-order valence-corrected chi connectivity index (χ1v) is 12.6. The van der Waals surface area contributed by atoms with E-state index in [0.717, 1.165) is 52.3 Å². The van der Waals surface area contributed by atoms with Crippen molar-refractivity contribution in [2.24, 2.45) is 5.73 Å². The fourth-order valence-electron chi connectivity index (χ4n) is 5.40. The van der Waals surface area contributed by atoms with Crippen molar-refractivity contribution in [3.8, 4) is 16.9 Å². The first kappa shape index (κ1) is 21.6. The van der Waals surface area contributed by atoms with E-state index in [1.807, 2.05) is 18.2 Å². The molecule has 3 atom stereocenters. The van der Waals surface area contributed by atoms with Crippen LogP contribution in [0.3, 0.4) is 0 Å². The highest BCUT2D eigenvalue weighted by atomic mass is 32.1. The molecule has 3 unspecified atom stereocenters. The van der Waals surface area contributed by atoms with Gasteiger partial charge in [0, 0.05) is 36.1 Å². The van der Waals surface area contributed by atoms with Gasteiger partial charge in [-0.15, -0.1) is 11.3 Å². The molecule has 178 valence electrons. The van der Waals surface area contributed by atoms with E-state index in [0.29, 0.717) is 44.3 Å². The number of amides is 1. The number of fused-ring (bicyclic) bond motifs is 3. The van der Waals surface area contributed by atoms with Gasteiger partial charge in [0.25, 0.3) is 0 Å². The van der Waals surface area contributed by atoms with Crippen molar-refractivity contribution in [2.75, 3.05) is 49.8 Å². The van der Waals surface area contributed by atoms with Crippen LogP contribution in [0.4, 0.5) is 11.8 Å². The summed E-state index contributed by atoms with van der Waals surface area (Å²) >= 11 is 1.62. The number of aromatic nitrogens is 2. The third-order valence-corrected chi connectivity index (χ3v) is 7.96. The average Bonchev–Trinajstić information content (AvgIpc) is 3.40. The molecule has 9 nitrogen and oxygen atoms in total. The third kappa shape index (κ3) is 3.57. The van der Waals surface area contributed by atoms with E-state index in [1.165, 1.54) is 0 Å². The van der Waals surface area contributed by atoms with E-state index in [1.54, 1.807) is 18.4 Å². The van der Waals surface area contributed by atoms with Gasteiger partial charge in [-0.1, -0.05) is 18.2 Å². The number of nitrogens with two attached hydrogens (primary N) is 1. The van der Waals surface area contributed by atoms with Crippen LogP contribution in [0.25, 0.3) is 21.3 Å². The maximum absolute atomic E-state index is 11.8. The number of para-hydroxylation sites is 1. The minimum absolute atomic E-state index is 0.302. The Hall–Kier alpha value is -2.95. The summed E-state index contributed by atoms with van der Waals surface area (Å²) in [5, 5.41) is 6.39. The van der Waals surface area contributed by atoms with Gasteiger partial charge < -0.3 is 30.3 Å². The summed E-state index contributed by atoms with van der Waals surface area (Å²) in [5.41, 5.74) is 7.70. The summed E-state index contributed by atoms with van der Waals surface area (Å²) in [6.07, 6.45) is 2.19. The number of nitrogens with one attached hydrogen (secondary N) is 1. The molecule has 3 saturated heterocycles. The summed E-state index contributed by atoms with van der Waals surface area (Å²) in [6.45, 7) is 3.26. The van der Waals surface area contributed by atoms with Crippen LogP contribution in [0.1, 0.15) is 12.8 Å². The molecule has 3 aliphatic rings. The summed E-state index contributed by atoms with van der Waals surface area (Å²) in [5.74, 6) is 2.07. The molecule has 5 heterocycles. The van der Waals surface area contributed by atoms with Crippen molar-refractivity contribution in [1.29, 1.82) is 0 Å². The molecule has 1 amide bonds. The topological polar surface area (TPSA) is 106 Å². The molecule has 0 radical (unpaired) electrons. The smallest absolute Gasteiger partial charge is 0.236 e. The second kappa shape index (κ2) is 8.68. The number of thiophene rings is 1. The molecule has 0 aliphatic carbocycles. The number of benzene rings is 1. The minimum Gasteiger partial charge on any atom is -0.496 e. The Bertz CT molecular complexity index is 1220. The van der Waals surface area contributed by atoms with Gasteiger partial charge in [-0.25, -0.2) is 4.98 Å². The van der Waals surface area contributed by atoms with Crippen molar-refractivity contribution >= 4 is 39.2 Å². The number of methoxy groups -OCH3 is 1. The van der Waals surface area contributed by atoms with Gasteiger partial charge in [0.2, 0.25) is 11.9 Å². The molecule has 0 spiro atoms. The molecule has 34 heavy (non-hydrogen) atoms. The molecular formula is C24H28N6O3S. The Morgan fingerprint density at radius 1 is 1.21 bits per heavy atom. The van der Waals surface area contributed by atoms with Crippen LogP contribution in [0.15, 0.2) is 29.6 Å². The lowest BCUT2D eigenvalue weighted by molar-refractivity contribution is -0.120. The second-order valence-corrected chi connectivity index (χ2v) is 9.92. The lowest BCUT2D eigenvalue weighted by atomic mass is 10.0. The summed E-state index contributed by atoms with van der Waals surface area (Å²) < 4.78 is 11.6. The number of ether oxygens (including phenoxy) is 2. The van der Waals surface area contributed by atoms with Crippen molar-refractivity contribution in [2.45, 2.75) is 31.0 Å². The lowest BCUT2D eigenvalue weighted by Gasteiger charge is -2.37. The monoisotopic (exact) mass is 480 g/mol. The Morgan fingerprint density at radius 2 is 2.00 bits per heavy atom. The minimum atomic E-state index is -0.413. The normalized spacial score (nSPS) is 24.6. The van der Waals surface area contributed by atoms with E-state index < -0.39 is 6.04 Å². The molecule has 0 saturated carbocycles. The number of hydrogen-bond acceptors (Lipinski definition) is 9. The number of primary amides is 1. The molecule has 6 rings (SSSR count). The quantitative estimate of drug-likeness (QED) is 0.571. The predicted octanol–water partition coefficient (Wildman–Crippen LogP) is 2.00. The highest BCUT2D eigenvalue weighted by Crippen LogP contribution is 2.45. The molecule has 3 N–H and O–H groups in total. The zero-order valence-electron chi connectivity index (χ0n) is 19.1. The van der Waals surface area contributed by atoms with E-state index in [2.05, 4.69) is 26.6 Å². The molecule has 3 aliphatic heterocycles. The standard InChI is InChI=1S/C24H28N6O3S/c1-32-19-5-3-2-4-16(19)17-13-34-23-20(17)22(30-14-6-7-15(30)12-33-11-14)27-24(28-23)29-9-8-26-18(10-29)21(25)31/h2-5,13-15,18,26H,6-12H2,1H3,(H2,25,31). The largest absolute Gasteiger partial charge is 0.496 e. The number of anilines is 2. The molecule has 10 heteroatoms. The van der Waals surface area contributed by atoms with Crippen LogP contribution in [0.2, 0.25) is 0 Å². The number of carbonyl (C=O) groups excluding carboxylic acids is 1. The Balaban J connectivity index is 1.52. The highest BCUT2D eigenvalue weighted by Gasteiger charge is 2.40. The summed E-state index contributed by atoms with van der Waals surface area (Å²) in [4.78, 5) is 27.4. The molecule has 3 fully saturated rings. The first-order valence-electron chi connectivity index (χ1n) is 11.7. The Morgan fingerprint density at radius 3 is 2.76 bits per heavy atom. The number of nitrogens with zero attached hydrogens (tertiary/aromatic N) is 4. The predicted molar refractivity (Wildman–Crippen MR) is 133 cm³/mol. The van der Waals surface area contributed by atoms with E-state index in [4.69, 9.17) is 25.2 Å². The zero-order chi connectivity index (χ0) is 23.2. The van der Waals surface area contributed by atoms with E-state index >= 15 is 0 Å². The van der Waals surface area contributed by atoms with Crippen molar-refractivity contribution in [1.82, 2.24) is 15.3 Å². The van der Waals surface area contributed by atoms with Gasteiger partial charge in [-0.2, -0.15) is 4.98 Å². The third-order valence-electron chi connectivity index (χ3n) is 7.09. The maximum atomic E-state index is 11.8. The lowest BCUT2D eigenvalue weighted by Crippen LogP contribution is -2.56. The van der Waals surface area contributed by atoms with E-state index in [9.17, 15) is 4.79 Å². The number of carbonyl (C=O) groups is 1. The van der Waals surface area contributed by atoms with Crippen molar-refractivity contribution in [3.63, 3.8) is 0 Å². The average molecular weight is 481 g/mol. The summed E-state index contributed by atoms with van der Waals surface area (Å²) in [7, 11) is 1.70. The Labute approximate surface area is 201 Å². The van der Waals surface area contributed by atoms with E-state index in [-0.39, 0.29) is 5.91 Å². The molecule has 2 aromatic heterocycles. The second-order valence-electron chi connectivity index (χ2n) is 9.06. The first-order chi connectivity index (χ1) is 16.6. The molecule has 3 aromatic rings. The number of piperazine rings is 1. The maximum Gasteiger partial charge on any atom is 0.236 e. The van der Waals surface area contributed by atoms with Gasteiger partial charge in [0.1, 0.15) is 22.4 Å². The van der Waals surface area contributed by atoms with Gasteiger partial charge in [0.15, 0.2) is 0 Å². The molecule has 1 aromatic carbocycles. The fraction of sp³-hybridized carbons (Fsp3) is 0.458. The SMILES string of the molecule is COc1ccccc1-c1csc2nc(N3CCNC(C(N)=O)C3)nc(N3C4CCC3COC4)c12. The van der Waals surface area contributed by atoms with Gasteiger partial charge >= 0.3 is 0 Å². The Kier molecular flexibility index (Phi) is 5.51. The fourth-order valence-corrected chi connectivity index (χ4v) is 6.33. The molecular weight excluding hydrogens is 452 g/mol. The van der Waals surface area contributed by atoms with Gasteiger partial charge in [-0.3, -0.25) is 4.79 Å². The van der Waals surface area contributed by atoms with Gasteiger partial charge in [0.05, 0.1) is 37.8 Å². The van der Waals surface area contributed by atoms with Gasteiger partial charge in [-0.05, 0) is 18.9 Å². The number of morpholine rings is 1. The van der Waals surface area contributed by atoms with Crippen LogP contribution >= 0.6 is 11.3 Å². The summed E-state index contributed by atoms with van der Waals surface area (Å²) in [6, 6.07) is 8.26. The van der Waals surface area contributed by atoms with Crippen LogP contribution in [-0.4, -0.2) is 74.0 Å². The molecule has 2 bridgehead atoms. The highest BCUT2D eigenvalue weighted by molar-refractivity contribution is 7.17. The zero-order valence-corrected chi connectivity index (χ0v) is 19.9. The number of rotatable bonds is 5. The van der Waals surface area contributed by atoms with Crippen molar-refractivity contribution in [3.05, 3.63) is 29.6 Å². The van der Waals surface area contributed by atoms with Crippen LogP contribution in [0.5, 0.6) is 5.75 Å².